The van der Waals surface area contributed by atoms with E-state index in [1.165, 1.54) is 9.71 Å². The molecule has 1 amide bonds. The highest BCUT2D eigenvalue weighted by Gasteiger charge is 2.27. The van der Waals surface area contributed by atoms with E-state index in [0.717, 1.165) is 38.0 Å². The van der Waals surface area contributed by atoms with E-state index in [1.807, 2.05) is 24.9 Å². The topological polar surface area (TPSA) is 45.2 Å². The van der Waals surface area contributed by atoms with E-state index < -0.39 is 0 Å². The van der Waals surface area contributed by atoms with Gasteiger partial charge in [0, 0.05) is 31.5 Å². The lowest BCUT2D eigenvalue weighted by molar-refractivity contribution is -0.135. The van der Waals surface area contributed by atoms with Crippen LogP contribution >= 0.6 is 11.3 Å². The molecule has 22 heavy (non-hydrogen) atoms. The van der Waals surface area contributed by atoms with Crippen LogP contribution in [0.4, 0.5) is 0 Å². The van der Waals surface area contributed by atoms with Crippen LogP contribution < -0.4 is 5.32 Å². The number of carbonyl (C=O) groups excluding carboxylic acids is 1. The van der Waals surface area contributed by atoms with Crippen molar-refractivity contribution < 1.29 is 4.79 Å². The molecule has 5 heteroatoms. The summed E-state index contributed by atoms with van der Waals surface area (Å²) in [5.74, 6) is 0.835. The lowest BCUT2D eigenvalue weighted by atomic mass is 9.96. The first kappa shape index (κ1) is 15.4. The van der Waals surface area contributed by atoms with Gasteiger partial charge in [-0.15, -0.1) is 11.3 Å². The van der Waals surface area contributed by atoms with Gasteiger partial charge in [0.1, 0.15) is 0 Å². The Morgan fingerprint density at radius 1 is 1.41 bits per heavy atom. The van der Waals surface area contributed by atoms with Gasteiger partial charge >= 0.3 is 0 Å². The molecule has 1 unspecified atom stereocenters. The van der Waals surface area contributed by atoms with Crippen molar-refractivity contribution >= 4 is 27.5 Å². The number of aromatic nitrogens is 1. The first-order chi connectivity index (χ1) is 10.7. The maximum absolute atomic E-state index is 12.3. The second-order valence-corrected chi connectivity index (χ2v) is 7.14. The second kappa shape index (κ2) is 6.75. The Labute approximate surface area is 135 Å². The molecular weight excluding hydrogens is 294 g/mol. The van der Waals surface area contributed by atoms with Crippen LogP contribution in [0.25, 0.3) is 10.2 Å². The summed E-state index contributed by atoms with van der Waals surface area (Å²) in [6.45, 7) is 4.45. The molecule has 2 heterocycles. The number of para-hydroxylation sites is 1. The monoisotopic (exact) mass is 317 g/mol. The Morgan fingerprint density at radius 2 is 2.14 bits per heavy atom. The SMILES string of the molecule is CNCC(C)C(=O)N1CCC(c2nc3ccccc3s2)CC1. The van der Waals surface area contributed by atoms with E-state index in [4.69, 9.17) is 4.98 Å². The Morgan fingerprint density at radius 3 is 2.82 bits per heavy atom. The number of fused-ring (bicyclic) bond motifs is 1. The summed E-state index contributed by atoms with van der Waals surface area (Å²) >= 11 is 1.80. The highest BCUT2D eigenvalue weighted by Crippen LogP contribution is 2.33. The summed E-state index contributed by atoms with van der Waals surface area (Å²) in [5.41, 5.74) is 1.10. The van der Waals surface area contributed by atoms with Crippen LogP contribution in [-0.2, 0) is 4.79 Å². The van der Waals surface area contributed by atoms with Crippen LogP contribution in [0.5, 0.6) is 0 Å². The quantitative estimate of drug-likeness (QED) is 0.943. The van der Waals surface area contributed by atoms with E-state index in [1.54, 1.807) is 11.3 Å². The molecular formula is C17H23N3OS. The summed E-state index contributed by atoms with van der Waals surface area (Å²) in [4.78, 5) is 19.1. The molecule has 1 aromatic heterocycles. The number of likely N-dealkylation sites (tertiary alicyclic amines) is 1. The number of piperidine rings is 1. The van der Waals surface area contributed by atoms with Crippen LogP contribution in [0.3, 0.4) is 0 Å². The smallest absolute Gasteiger partial charge is 0.226 e. The van der Waals surface area contributed by atoms with Crippen LogP contribution in [-0.4, -0.2) is 42.5 Å². The molecule has 4 nitrogen and oxygen atoms in total. The number of amides is 1. The van der Waals surface area contributed by atoms with Gasteiger partial charge in [-0.1, -0.05) is 19.1 Å². The number of hydrogen-bond donors (Lipinski definition) is 1. The fourth-order valence-electron chi connectivity index (χ4n) is 3.12. The van der Waals surface area contributed by atoms with Gasteiger partial charge in [0.05, 0.1) is 15.2 Å². The number of benzene rings is 1. The first-order valence-electron chi connectivity index (χ1n) is 7.98. The molecule has 1 saturated heterocycles. The molecule has 1 atom stereocenters. The molecule has 118 valence electrons. The summed E-state index contributed by atoms with van der Waals surface area (Å²) in [7, 11) is 1.89. The van der Waals surface area contributed by atoms with Crippen molar-refractivity contribution in [3.63, 3.8) is 0 Å². The van der Waals surface area contributed by atoms with Gasteiger partial charge in [0.2, 0.25) is 5.91 Å². The van der Waals surface area contributed by atoms with Crippen LogP contribution in [0, 0.1) is 5.92 Å². The Balaban J connectivity index is 1.63. The zero-order valence-corrected chi connectivity index (χ0v) is 14.0. The summed E-state index contributed by atoms with van der Waals surface area (Å²) in [6, 6.07) is 8.31. The number of carbonyl (C=O) groups is 1. The van der Waals surface area contributed by atoms with Crippen molar-refractivity contribution in [2.45, 2.75) is 25.7 Å². The minimum atomic E-state index is 0.0593. The number of nitrogens with zero attached hydrogens (tertiary/aromatic N) is 2. The summed E-state index contributed by atoms with van der Waals surface area (Å²) in [5, 5.41) is 4.31. The van der Waals surface area contributed by atoms with Crippen LogP contribution in [0.1, 0.15) is 30.7 Å². The average molecular weight is 317 g/mol. The fourth-order valence-corrected chi connectivity index (χ4v) is 4.25. The third kappa shape index (κ3) is 3.15. The fraction of sp³-hybridized carbons (Fsp3) is 0.529. The standard InChI is InChI=1S/C17H23N3OS/c1-12(11-18-2)17(21)20-9-7-13(8-10-20)16-19-14-5-3-4-6-15(14)22-16/h3-6,12-13,18H,7-11H2,1-2H3. The summed E-state index contributed by atoms with van der Waals surface area (Å²) in [6.07, 6.45) is 2.05. The zero-order valence-electron chi connectivity index (χ0n) is 13.2. The zero-order chi connectivity index (χ0) is 15.5. The molecule has 3 rings (SSSR count). The van der Waals surface area contributed by atoms with E-state index in [2.05, 4.69) is 23.5 Å². The second-order valence-electron chi connectivity index (χ2n) is 6.08. The molecule has 1 aliphatic rings. The molecule has 1 aromatic carbocycles. The molecule has 0 bridgehead atoms. The minimum Gasteiger partial charge on any atom is -0.342 e. The van der Waals surface area contributed by atoms with Gasteiger partial charge in [-0.05, 0) is 32.0 Å². The predicted octanol–water partition coefficient (Wildman–Crippen LogP) is 2.86. The average Bonchev–Trinajstić information content (AvgIpc) is 2.98. The highest BCUT2D eigenvalue weighted by molar-refractivity contribution is 7.18. The van der Waals surface area contributed by atoms with Crippen molar-refractivity contribution in [2.24, 2.45) is 5.92 Å². The van der Waals surface area contributed by atoms with Gasteiger partial charge in [0.15, 0.2) is 0 Å². The minimum absolute atomic E-state index is 0.0593. The molecule has 0 saturated carbocycles. The molecule has 0 radical (unpaired) electrons. The summed E-state index contributed by atoms with van der Waals surface area (Å²) < 4.78 is 1.26. The van der Waals surface area contributed by atoms with Crippen molar-refractivity contribution in [3.8, 4) is 0 Å². The lowest BCUT2D eigenvalue weighted by Gasteiger charge is -2.32. The van der Waals surface area contributed by atoms with Gasteiger partial charge in [-0.2, -0.15) is 0 Å². The predicted molar refractivity (Wildman–Crippen MR) is 91.3 cm³/mol. The maximum atomic E-state index is 12.3. The van der Waals surface area contributed by atoms with E-state index in [9.17, 15) is 4.79 Å². The maximum Gasteiger partial charge on any atom is 0.226 e. The number of hydrogen-bond acceptors (Lipinski definition) is 4. The Hall–Kier alpha value is -1.46. The van der Waals surface area contributed by atoms with Crippen molar-refractivity contribution in [1.29, 1.82) is 0 Å². The van der Waals surface area contributed by atoms with Gasteiger partial charge in [-0.3, -0.25) is 4.79 Å². The van der Waals surface area contributed by atoms with Crippen LogP contribution in [0.15, 0.2) is 24.3 Å². The number of rotatable bonds is 4. The van der Waals surface area contributed by atoms with Crippen molar-refractivity contribution in [2.75, 3.05) is 26.7 Å². The van der Waals surface area contributed by atoms with E-state index in [0.29, 0.717) is 5.92 Å². The third-order valence-electron chi connectivity index (χ3n) is 4.40. The molecule has 2 aromatic rings. The number of thiazole rings is 1. The molecule has 0 aliphatic carbocycles. The Kier molecular flexibility index (Phi) is 4.74. The van der Waals surface area contributed by atoms with Gasteiger partial charge in [0.25, 0.3) is 0 Å². The first-order valence-corrected chi connectivity index (χ1v) is 8.79. The normalized spacial score (nSPS) is 17.8. The Bertz CT molecular complexity index is 613. The van der Waals surface area contributed by atoms with Crippen molar-refractivity contribution in [3.05, 3.63) is 29.3 Å². The highest BCUT2D eigenvalue weighted by atomic mass is 32.1. The van der Waals surface area contributed by atoms with Gasteiger partial charge < -0.3 is 10.2 Å². The molecule has 0 spiro atoms. The molecule has 1 fully saturated rings. The van der Waals surface area contributed by atoms with E-state index >= 15 is 0 Å². The molecule has 1 aliphatic heterocycles. The van der Waals surface area contributed by atoms with Crippen molar-refractivity contribution in [1.82, 2.24) is 15.2 Å². The van der Waals surface area contributed by atoms with E-state index in [-0.39, 0.29) is 11.8 Å². The van der Waals surface area contributed by atoms with Gasteiger partial charge in [-0.25, -0.2) is 4.98 Å². The third-order valence-corrected chi connectivity index (χ3v) is 5.60. The molecule has 1 N–H and O–H groups in total. The lowest BCUT2D eigenvalue weighted by Crippen LogP contribution is -2.42. The number of nitrogens with one attached hydrogen (secondary N) is 1. The largest absolute Gasteiger partial charge is 0.342 e. The van der Waals surface area contributed by atoms with Crippen LogP contribution in [0.2, 0.25) is 0 Å².